The van der Waals surface area contributed by atoms with Crippen LogP contribution in [0.3, 0.4) is 0 Å². The topological polar surface area (TPSA) is 63.4 Å². The molecular weight excluding hydrogens is 158 g/mol. The van der Waals surface area contributed by atoms with Crippen LogP contribution in [-0.4, -0.2) is 27.9 Å². The lowest BCUT2D eigenvalue weighted by atomic mass is 9.94. The van der Waals surface area contributed by atoms with Gasteiger partial charge in [0, 0.05) is 0 Å². The van der Waals surface area contributed by atoms with Gasteiger partial charge in [0.15, 0.2) is 12.0 Å². The van der Waals surface area contributed by atoms with Gasteiger partial charge in [0.2, 0.25) is 5.71 Å². The molecule has 4 heteroatoms. The van der Waals surface area contributed by atoms with Crippen molar-refractivity contribution < 1.29 is 14.6 Å². The van der Waals surface area contributed by atoms with Crippen LogP contribution in [0.15, 0.2) is 11.8 Å². The lowest BCUT2D eigenvalue weighted by Crippen LogP contribution is -2.33. The van der Waals surface area contributed by atoms with Gasteiger partial charge in [-0.25, -0.2) is 0 Å². The first-order valence-electron chi connectivity index (χ1n) is 3.73. The van der Waals surface area contributed by atoms with Crippen LogP contribution in [0.5, 0.6) is 0 Å². The monoisotopic (exact) mass is 169 g/mol. The Hall–Kier alpha value is -1.16. The molecule has 1 heterocycles. The fraction of sp³-hybridized carbons (Fsp3) is 0.500. The molecule has 0 aromatic carbocycles. The lowest BCUT2D eigenvalue weighted by Gasteiger charge is -2.16. The quantitative estimate of drug-likeness (QED) is 0.445. The van der Waals surface area contributed by atoms with E-state index >= 15 is 0 Å². The van der Waals surface area contributed by atoms with E-state index in [2.05, 4.69) is 0 Å². The standard InChI is InChI=1S/C8H11NO3/c1-5-3-9(12)7(4-10)6(2)8(5)11/h3,6,10H,4H2,1-2H3. The van der Waals surface area contributed by atoms with E-state index in [-0.39, 0.29) is 18.1 Å². The molecule has 4 nitrogen and oxygen atoms in total. The zero-order valence-corrected chi connectivity index (χ0v) is 7.07. The zero-order chi connectivity index (χ0) is 9.30. The van der Waals surface area contributed by atoms with Gasteiger partial charge in [-0.2, -0.15) is 4.74 Å². The molecule has 0 aromatic heterocycles. The summed E-state index contributed by atoms with van der Waals surface area (Å²) in [4.78, 5) is 11.3. The molecular formula is C8H11NO3. The Morgan fingerprint density at radius 1 is 1.75 bits per heavy atom. The van der Waals surface area contributed by atoms with Crippen molar-refractivity contribution in [3.63, 3.8) is 0 Å². The zero-order valence-electron chi connectivity index (χ0n) is 7.07. The number of ketones is 1. The van der Waals surface area contributed by atoms with Crippen molar-refractivity contribution in [1.29, 1.82) is 0 Å². The fourth-order valence-corrected chi connectivity index (χ4v) is 1.21. The maximum atomic E-state index is 11.3. The molecule has 0 aliphatic carbocycles. The molecule has 1 aliphatic heterocycles. The summed E-state index contributed by atoms with van der Waals surface area (Å²) >= 11 is 0. The molecule has 12 heavy (non-hydrogen) atoms. The lowest BCUT2D eigenvalue weighted by molar-refractivity contribution is -0.385. The number of hydroxylamine groups is 1. The number of nitrogens with zero attached hydrogens (tertiary/aromatic N) is 1. The minimum absolute atomic E-state index is 0.0915. The highest BCUT2D eigenvalue weighted by Gasteiger charge is 2.30. The van der Waals surface area contributed by atoms with Crippen LogP contribution < -0.4 is 0 Å². The van der Waals surface area contributed by atoms with Gasteiger partial charge < -0.3 is 10.3 Å². The number of aliphatic hydroxyl groups is 1. The first-order chi connectivity index (χ1) is 5.57. The van der Waals surface area contributed by atoms with Crippen molar-refractivity contribution in [2.45, 2.75) is 13.8 Å². The van der Waals surface area contributed by atoms with Crippen molar-refractivity contribution in [3.8, 4) is 0 Å². The molecule has 0 saturated heterocycles. The van der Waals surface area contributed by atoms with Crippen LogP contribution in [0, 0.1) is 11.1 Å². The summed E-state index contributed by atoms with van der Waals surface area (Å²) in [5.41, 5.74) is 0.653. The van der Waals surface area contributed by atoms with Crippen LogP contribution in [0.1, 0.15) is 13.8 Å². The Morgan fingerprint density at radius 3 is 2.83 bits per heavy atom. The molecule has 0 saturated carbocycles. The molecule has 0 radical (unpaired) electrons. The molecule has 1 aliphatic rings. The molecule has 1 rings (SSSR count). The first kappa shape index (κ1) is 8.93. The second-order valence-electron chi connectivity index (χ2n) is 2.87. The summed E-state index contributed by atoms with van der Waals surface area (Å²) in [7, 11) is 0. The van der Waals surface area contributed by atoms with E-state index in [0.29, 0.717) is 10.3 Å². The Bertz CT molecular complexity index is 278. The van der Waals surface area contributed by atoms with Gasteiger partial charge in [0.1, 0.15) is 12.5 Å². The predicted molar refractivity (Wildman–Crippen MR) is 43.6 cm³/mol. The third-order valence-corrected chi connectivity index (χ3v) is 2.04. The number of carbonyl (C=O) groups is 1. The highest BCUT2D eigenvalue weighted by atomic mass is 16.5. The van der Waals surface area contributed by atoms with Gasteiger partial charge in [-0.3, -0.25) is 4.79 Å². The Morgan fingerprint density at radius 2 is 2.33 bits per heavy atom. The molecule has 0 aromatic rings. The second kappa shape index (κ2) is 3.06. The third-order valence-electron chi connectivity index (χ3n) is 2.04. The number of allylic oxidation sites excluding steroid dienone is 1. The minimum atomic E-state index is -0.488. The van der Waals surface area contributed by atoms with Gasteiger partial charge in [-0.1, -0.05) is 0 Å². The summed E-state index contributed by atoms with van der Waals surface area (Å²) in [5.74, 6) is -0.580. The van der Waals surface area contributed by atoms with Gasteiger partial charge >= 0.3 is 0 Å². The van der Waals surface area contributed by atoms with Crippen LogP contribution in [-0.2, 0) is 4.79 Å². The summed E-state index contributed by atoms with van der Waals surface area (Å²) in [6, 6.07) is 0. The van der Waals surface area contributed by atoms with Crippen molar-refractivity contribution in [2.24, 2.45) is 5.92 Å². The van der Waals surface area contributed by atoms with E-state index < -0.39 is 5.92 Å². The molecule has 1 atom stereocenters. The van der Waals surface area contributed by atoms with E-state index in [1.165, 1.54) is 6.20 Å². The maximum Gasteiger partial charge on any atom is 0.205 e. The van der Waals surface area contributed by atoms with Gasteiger partial charge in [-0.05, 0) is 13.8 Å². The number of aliphatic hydroxyl groups excluding tert-OH is 1. The van der Waals surface area contributed by atoms with Crippen molar-refractivity contribution in [2.75, 3.05) is 6.61 Å². The van der Waals surface area contributed by atoms with E-state index in [0.717, 1.165) is 0 Å². The van der Waals surface area contributed by atoms with Crippen molar-refractivity contribution in [3.05, 3.63) is 17.0 Å². The van der Waals surface area contributed by atoms with E-state index in [1.807, 2.05) is 0 Å². The Balaban J connectivity index is 3.10. The van der Waals surface area contributed by atoms with Crippen LogP contribution in [0.4, 0.5) is 0 Å². The summed E-state index contributed by atoms with van der Waals surface area (Å²) in [6.07, 6.45) is 1.20. The average Bonchev–Trinajstić information content (AvgIpc) is 2.01. The third kappa shape index (κ3) is 1.25. The van der Waals surface area contributed by atoms with E-state index in [4.69, 9.17) is 5.11 Å². The number of hydrogen-bond acceptors (Lipinski definition) is 3. The summed E-state index contributed by atoms with van der Waals surface area (Å²) in [5, 5.41) is 19.9. The van der Waals surface area contributed by atoms with Gasteiger partial charge in [0.05, 0.1) is 5.57 Å². The number of rotatable bonds is 1. The molecule has 0 bridgehead atoms. The van der Waals surface area contributed by atoms with E-state index in [9.17, 15) is 10.0 Å². The van der Waals surface area contributed by atoms with Crippen LogP contribution >= 0.6 is 0 Å². The highest BCUT2D eigenvalue weighted by Crippen LogP contribution is 2.13. The predicted octanol–water partition coefficient (Wildman–Crippen LogP) is 0.0526. The smallest absolute Gasteiger partial charge is 0.205 e. The molecule has 1 N–H and O–H groups in total. The normalized spacial score (nSPS) is 24.4. The summed E-state index contributed by atoms with van der Waals surface area (Å²) in [6.45, 7) is 2.85. The molecule has 0 spiro atoms. The Kier molecular flexibility index (Phi) is 2.28. The summed E-state index contributed by atoms with van der Waals surface area (Å²) < 4.78 is 0.571. The highest BCUT2D eigenvalue weighted by molar-refractivity contribution is 6.11. The molecule has 66 valence electrons. The number of carbonyl (C=O) groups excluding carboxylic acids is 1. The van der Waals surface area contributed by atoms with E-state index in [1.54, 1.807) is 13.8 Å². The molecule has 0 amide bonds. The van der Waals surface area contributed by atoms with Crippen LogP contribution in [0.2, 0.25) is 0 Å². The number of Topliss-reactive ketones (excluding diaryl/α,β-unsaturated/α-hetero) is 1. The largest absolute Gasteiger partial charge is 0.619 e. The van der Waals surface area contributed by atoms with Crippen molar-refractivity contribution in [1.82, 2.24) is 0 Å². The van der Waals surface area contributed by atoms with Crippen molar-refractivity contribution >= 4 is 11.5 Å². The average molecular weight is 169 g/mol. The first-order valence-corrected chi connectivity index (χ1v) is 3.73. The minimum Gasteiger partial charge on any atom is -0.619 e. The second-order valence-corrected chi connectivity index (χ2v) is 2.87. The molecule has 0 fully saturated rings. The van der Waals surface area contributed by atoms with Crippen LogP contribution in [0.25, 0.3) is 0 Å². The molecule has 1 unspecified atom stereocenters. The maximum absolute atomic E-state index is 11.3. The number of hydrogen-bond donors (Lipinski definition) is 1. The fourth-order valence-electron chi connectivity index (χ4n) is 1.21. The van der Waals surface area contributed by atoms with Gasteiger partial charge in [-0.15, -0.1) is 0 Å². The SMILES string of the molecule is CC1=C[N+]([O-])=C(CO)C(C)C1=O. The Labute approximate surface area is 70.4 Å². The van der Waals surface area contributed by atoms with Gasteiger partial charge in [0.25, 0.3) is 0 Å².